The Kier molecular flexibility index (Phi) is 5.23. The first-order valence-electron chi connectivity index (χ1n) is 7.94. The third-order valence-electron chi connectivity index (χ3n) is 4.46. The molecule has 3 nitrogen and oxygen atoms in total. The second-order valence-electron chi connectivity index (χ2n) is 5.82. The molecule has 4 heteroatoms. The molecule has 2 aromatic carbocycles. The predicted molar refractivity (Wildman–Crippen MR) is 96.2 cm³/mol. The van der Waals surface area contributed by atoms with Crippen molar-refractivity contribution >= 4 is 15.9 Å². The Labute approximate surface area is 146 Å². The van der Waals surface area contributed by atoms with Crippen molar-refractivity contribution < 1.29 is 9.47 Å². The molecule has 1 N–H and O–H groups in total. The highest BCUT2D eigenvalue weighted by Crippen LogP contribution is 2.34. The molecule has 0 bridgehead atoms. The van der Waals surface area contributed by atoms with Gasteiger partial charge in [0, 0.05) is 17.1 Å². The minimum Gasteiger partial charge on any atom is -0.493 e. The van der Waals surface area contributed by atoms with Crippen molar-refractivity contribution in [1.82, 2.24) is 5.32 Å². The summed E-state index contributed by atoms with van der Waals surface area (Å²) in [5.41, 5.74) is 4.09. The fourth-order valence-electron chi connectivity index (χ4n) is 3.23. The summed E-state index contributed by atoms with van der Waals surface area (Å²) in [4.78, 5) is 0. The van der Waals surface area contributed by atoms with Gasteiger partial charge in [0.2, 0.25) is 0 Å². The van der Waals surface area contributed by atoms with Gasteiger partial charge < -0.3 is 14.8 Å². The van der Waals surface area contributed by atoms with E-state index in [1.54, 1.807) is 14.2 Å². The van der Waals surface area contributed by atoms with Crippen LogP contribution in [0.25, 0.3) is 0 Å². The maximum Gasteiger partial charge on any atom is 0.161 e. The summed E-state index contributed by atoms with van der Waals surface area (Å²) >= 11 is 3.63. The van der Waals surface area contributed by atoms with Gasteiger partial charge in [0.15, 0.2) is 11.5 Å². The molecule has 1 atom stereocenters. The van der Waals surface area contributed by atoms with Crippen molar-refractivity contribution in [3.8, 4) is 11.5 Å². The quantitative estimate of drug-likeness (QED) is 0.825. The first-order valence-corrected chi connectivity index (χ1v) is 8.74. The summed E-state index contributed by atoms with van der Waals surface area (Å²) in [7, 11) is 3.32. The summed E-state index contributed by atoms with van der Waals surface area (Å²) in [5.74, 6) is 1.50. The fourth-order valence-corrected chi connectivity index (χ4v) is 3.69. The first kappa shape index (κ1) is 16.3. The number of nitrogens with one attached hydrogen (secondary N) is 1. The van der Waals surface area contributed by atoms with Crippen LogP contribution in [0.1, 0.15) is 35.6 Å². The molecular weight excluding hydrogens is 354 g/mol. The molecule has 122 valence electrons. The SMILES string of the molecule is COc1cc(Br)c(CNC2CCCc3ccccc32)cc1OC. The Morgan fingerprint density at radius 3 is 2.65 bits per heavy atom. The van der Waals surface area contributed by atoms with Crippen LogP contribution in [-0.4, -0.2) is 14.2 Å². The van der Waals surface area contributed by atoms with Crippen molar-refractivity contribution in [3.05, 3.63) is 57.6 Å². The Balaban J connectivity index is 1.77. The maximum absolute atomic E-state index is 5.41. The predicted octanol–water partition coefficient (Wildman–Crippen LogP) is 4.63. The average Bonchev–Trinajstić information content (AvgIpc) is 2.60. The van der Waals surface area contributed by atoms with Crippen molar-refractivity contribution in [3.63, 3.8) is 0 Å². The van der Waals surface area contributed by atoms with E-state index in [0.29, 0.717) is 6.04 Å². The molecule has 0 fully saturated rings. The van der Waals surface area contributed by atoms with E-state index in [9.17, 15) is 0 Å². The van der Waals surface area contributed by atoms with Gasteiger partial charge in [-0.25, -0.2) is 0 Å². The van der Waals surface area contributed by atoms with Crippen LogP contribution < -0.4 is 14.8 Å². The molecule has 0 amide bonds. The number of hydrogen-bond donors (Lipinski definition) is 1. The van der Waals surface area contributed by atoms with Gasteiger partial charge in [-0.2, -0.15) is 0 Å². The molecule has 0 heterocycles. The van der Waals surface area contributed by atoms with E-state index in [1.165, 1.54) is 36.0 Å². The van der Waals surface area contributed by atoms with Crippen molar-refractivity contribution in [2.24, 2.45) is 0 Å². The lowest BCUT2D eigenvalue weighted by Gasteiger charge is -2.26. The molecule has 0 saturated heterocycles. The highest BCUT2D eigenvalue weighted by atomic mass is 79.9. The van der Waals surface area contributed by atoms with Crippen LogP contribution in [0.4, 0.5) is 0 Å². The van der Waals surface area contributed by atoms with Gasteiger partial charge in [0.05, 0.1) is 14.2 Å². The normalized spacial score (nSPS) is 16.7. The van der Waals surface area contributed by atoms with Crippen LogP contribution >= 0.6 is 15.9 Å². The highest BCUT2D eigenvalue weighted by molar-refractivity contribution is 9.10. The van der Waals surface area contributed by atoms with Crippen LogP contribution in [0, 0.1) is 0 Å². The van der Waals surface area contributed by atoms with Gasteiger partial charge in [-0.15, -0.1) is 0 Å². The van der Waals surface area contributed by atoms with Crippen LogP contribution in [0.5, 0.6) is 11.5 Å². The lowest BCUT2D eigenvalue weighted by atomic mass is 9.87. The minimum atomic E-state index is 0.417. The molecule has 0 aliphatic heterocycles. The largest absolute Gasteiger partial charge is 0.493 e. The molecule has 0 spiro atoms. The van der Waals surface area contributed by atoms with E-state index in [1.807, 2.05) is 12.1 Å². The van der Waals surface area contributed by atoms with E-state index in [-0.39, 0.29) is 0 Å². The number of ether oxygens (including phenoxy) is 2. The van der Waals surface area contributed by atoms with Crippen LogP contribution in [0.2, 0.25) is 0 Å². The standard InChI is InChI=1S/C19H22BrNO2/c1-22-18-10-14(16(20)11-19(18)23-2)12-21-17-9-5-7-13-6-3-4-8-15(13)17/h3-4,6,8,10-11,17,21H,5,7,9,12H2,1-2H3. The molecule has 3 rings (SSSR count). The minimum absolute atomic E-state index is 0.417. The fraction of sp³-hybridized carbons (Fsp3) is 0.368. The summed E-state index contributed by atoms with van der Waals surface area (Å²) in [5, 5.41) is 3.70. The molecular formula is C19H22BrNO2. The Morgan fingerprint density at radius 2 is 1.87 bits per heavy atom. The van der Waals surface area contributed by atoms with Gasteiger partial charge in [-0.1, -0.05) is 40.2 Å². The molecule has 23 heavy (non-hydrogen) atoms. The van der Waals surface area contributed by atoms with Crippen LogP contribution in [0.15, 0.2) is 40.9 Å². The smallest absolute Gasteiger partial charge is 0.161 e. The second-order valence-corrected chi connectivity index (χ2v) is 6.68. The van der Waals surface area contributed by atoms with Crippen LogP contribution in [0.3, 0.4) is 0 Å². The third-order valence-corrected chi connectivity index (χ3v) is 5.20. The summed E-state index contributed by atoms with van der Waals surface area (Å²) in [6.45, 7) is 0.792. The van der Waals surface area contributed by atoms with E-state index < -0.39 is 0 Å². The Hall–Kier alpha value is -1.52. The first-order chi connectivity index (χ1) is 11.2. The van der Waals surface area contributed by atoms with Gasteiger partial charge >= 0.3 is 0 Å². The molecule has 1 unspecified atom stereocenters. The lowest BCUT2D eigenvalue weighted by molar-refractivity contribution is 0.354. The Morgan fingerprint density at radius 1 is 1.13 bits per heavy atom. The molecule has 0 radical (unpaired) electrons. The lowest BCUT2D eigenvalue weighted by Crippen LogP contribution is -2.25. The van der Waals surface area contributed by atoms with Gasteiger partial charge in [-0.3, -0.25) is 0 Å². The maximum atomic E-state index is 5.41. The highest BCUT2D eigenvalue weighted by Gasteiger charge is 2.19. The zero-order chi connectivity index (χ0) is 16.2. The summed E-state index contributed by atoms with van der Waals surface area (Å²) < 4.78 is 11.8. The summed E-state index contributed by atoms with van der Waals surface area (Å²) in [6, 6.07) is 13.2. The number of benzene rings is 2. The van der Waals surface area contributed by atoms with E-state index in [0.717, 1.165) is 22.5 Å². The monoisotopic (exact) mass is 375 g/mol. The van der Waals surface area contributed by atoms with Crippen molar-refractivity contribution in [1.29, 1.82) is 0 Å². The van der Waals surface area contributed by atoms with Gasteiger partial charge in [0.1, 0.15) is 0 Å². The van der Waals surface area contributed by atoms with E-state index in [2.05, 4.69) is 45.5 Å². The molecule has 2 aromatic rings. The Bertz CT molecular complexity index is 687. The number of rotatable bonds is 5. The molecule has 1 aliphatic carbocycles. The number of methoxy groups -OCH3 is 2. The van der Waals surface area contributed by atoms with E-state index >= 15 is 0 Å². The second kappa shape index (κ2) is 7.37. The molecule has 1 aliphatic rings. The average molecular weight is 376 g/mol. The van der Waals surface area contributed by atoms with Gasteiger partial charge in [-0.05, 0) is 48.1 Å². The third kappa shape index (κ3) is 3.54. The number of halogens is 1. The number of hydrogen-bond acceptors (Lipinski definition) is 3. The zero-order valence-electron chi connectivity index (χ0n) is 13.6. The molecule has 0 saturated carbocycles. The molecule has 0 aromatic heterocycles. The topological polar surface area (TPSA) is 30.5 Å². The number of aryl methyl sites for hydroxylation is 1. The summed E-state index contributed by atoms with van der Waals surface area (Å²) in [6.07, 6.45) is 3.61. The van der Waals surface area contributed by atoms with Gasteiger partial charge in [0.25, 0.3) is 0 Å². The number of fused-ring (bicyclic) bond motifs is 1. The van der Waals surface area contributed by atoms with Crippen molar-refractivity contribution in [2.45, 2.75) is 31.8 Å². The zero-order valence-corrected chi connectivity index (χ0v) is 15.2. The van der Waals surface area contributed by atoms with Crippen molar-refractivity contribution in [2.75, 3.05) is 14.2 Å². The van der Waals surface area contributed by atoms with E-state index in [4.69, 9.17) is 9.47 Å². The van der Waals surface area contributed by atoms with Crippen LogP contribution in [-0.2, 0) is 13.0 Å².